The molecular weight excluding hydrogens is 300 g/mol. The molecule has 23 heavy (non-hydrogen) atoms. The van der Waals surface area contributed by atoms with E-state index in [2.05, 4.69) is 80.8 Å². The van der Waals surface area contributed by atoms with E-state index in [9.17, 15) is 0 Å². The highest BCUT2D eigenvalue weighted by Gasteiger charge is 2.23. The van der Waals surface area contributed by atoms with Crippen molar-refractivity contribution < 1.29 is 0 Å². The summed E-state index contributed by atoms with van der Waals surface area (Å²) in [5.41, 5.74) is 3.72. The van der Waals surface area contributed by atoms with E-state index >= 15 is 0 Å². The molecule has 0 saturated heterocycles. The third-order valence-electron chi connectivity index (χ3n) is 4.06. The number of anilines is 1. The van der Waals surface area contributed by atoms with Crippen LogP contribution in [0.2, 0.25) is 0 Å². The highest BCUT2D eigenvalue weighted by Crippen LogP contribution is 2.28. The second-order valence-electron chi connectivity index (χ2n) is 6.82. The first-order valence-electron chi connectivity index (χ1n) is 8.06. The monoisotopic (exact) mass is 326 g/mol. The molecule has 0 saturated carbocycles. The van der Waals surface area contributed by atoms with Crippen molar-refractivity contribution in [2.24, 2.45) is 0 Å². The zero-order valence-electron chi connectivity index (χ0n) is 14.4. The summed E-state index contributed by atoms with van der Waals surface area (Å²) >= 11 is 5.43. The summed E-state index contributed by atoms with van der Waals surface area (Å²) in [7, 11) is 0. The van der Waals surface area contributed by atoms with Crippen LogP contribution in [-0.2, 0) is 5.41 Å². The number of rotatable bonds is 5. The van der Waals surface area contributed by atoms with Gasteiger partial charge in [-0.2, -0.15) is 0 Å². The predicted octanol–water partition coefficient (Wildman–Crippen LogP) is 5.04. The molecule has 122 valence electrons. The van der Waals surface area contributed by atoms with Gasteiger partial charge < -0.3 is 10.6 Å². The van der Waals surface area contributed by atoms with Crippen LogP contribution in [0.4, 0.5) is 5.69 Å². The number of hydrogen-bond donors (Lipinski definition) is 2. The maximum atomic E-state index is 5.43. The Bertz CT molecular complexity index is 632. The van der Waals surface area contributed by atoms with Crippen LogP contribution in [0.25, 0.3) is 0 Å². The number of nitrogens with one attached hydrogen (secondary N) is 2. The van der Waals surface area contributed by atoms with Crippen LogP contribution in [-0.4, -0.2) is 11.2 Å². The maximum Gasteiger partial charge on any atom is 0.170 e. The quantitative estimate of drug-likeness (QED) is 0.753. The van der Waals surface area contributed by atoms with Gasteiger partial charge in [0.1, 0.15) is 0 Å². The summed E-state index contributed by atoms with van der Waals surface area (Å²) < 4.78 is 0. The minimum atomic E-state index is 0.104. The molecule has 0 heterocycles. The molecule has 0 unspecified atom stereocenters. The number of hydrogen-bond acceptors (Lipinski definition) is 1. The minimum Gasteiger partial charge on any atom is -0.360 e. The smallest absolute Gasteiger partial charge is 0.170 e. The standard InChI is InChI=1S/C20H26N2S/c1-15-10-12-18(13-11-15)22-19(23)21-16(2)14-20(3,4)17-8-6-5-7-9-17/h5-13,16H,14H2,1-4H3,(H2,21,22,23)/t16-/m0/s1. The van der Waals surface area contributed by atoms with Crippen LogP contribution >= 0.6 is 12.2 Å². The van der Waals surface area contributed by atoms with E-state index in [1.807, 2.05) is 12.1 Å². The number of aryl methyl sites for hydroxylation is 1. The van der Waals surface area contributed by atoms with Gasteiger partial charge in [-0.05, 0) is 55.6 Å². The van der Waals surface area contributed by atoms with Crippen molar-refractivity contribution in [1.82, 2.24) is 5.32 Å². The van der Waals surface area contributed by atoms with Gasteiger partial charge in [-0.15, -0.1) is 0 Å². The molecule has 0 aromatic heterocycles. The molecule has 0 bridgehead atoms. The largest absolute Gasteiger partial charge is 0.360 e. The Morgan fingerprint density at radius 1 is 1.04 bits per heavy atom. The highest BCUT2D eigenvalue weighted by molar-refractivity contribution is 7.80. The predicted molar refractivity (Wildman–Crippen MR) is 104 cm³/mol. The van der Waals surface area contributed by atoms with Crippen molar-refractivity contribution in [3.05, 3.63) is 65.7 Å². The molecule has 1 atom stereocenters. The summed E-state index contributed by atoms with van der Waals surface area (Å²) in [5, 5.41) is 7.31. The van der Waals surface area contributed by atoms with E-state index < -0.39 is 0 Å². The number of thiocarbonyl (C=S) groups is 1. The van der Waals surface area contributed by atoms with Gasteiger partial charge in [-0.3, -0.25) is 0 Å². The van der Waals surface area contributed by atoms with E-state index in [0.29, 0.717) is 5.11 Å². The van der Waals surface area contributed by atoms with Gasteiger partial charge >= 0.3 is 0 Å². The molecule has 2 aromatic carbocycles. The lowest BCUT2D eigenvalue weighted by molar-refractivity contribution is 0.420. The van der Waals surface area contributed by atoms with Crippen molar-refractivity contribution >= 4 is 23.0 Å². The topological polar surface area (TPSA) is 24.1 Å². The van der Waals surface area contributed by atoms with Crippen LogP contribution in [0.5, 0.6) is 0 Å². The molecule has 0 fully saturated rings. The molecule has 0 aliphatic heterocycles. The van der Waals surface area contributed by atoms with Gasteiger partial charge in [-0.25, -0.2) is 0 Å². The van der Waals surface area contributed by atoms with Gasteiger partial charge in [0, 0.05) is 11.7 Å². The van der Waals surface area contributed by atoms with E-state index in [1.54, 1.807) is 0 Å². The van der Waals surface area contributed by atoms with Crippen molar-refractivity contribution in [3.63, 3.8) is 0 Å². The maximum absolute atomic E-state index is 5.43. The van der Waals surface area contributed by atoms with Crippen LogP contribution in [0, 0.1) is 6.92 Å². The van der Waals surface area contributed by atoms with Crippen molar-refractivity contribution in [1.29, 1.82) is 0 Å². The zero-order valence-corrected chi connectivity index (χ0v) is 15.2. The third-order valence-corrected chi connectivity index (χ3v) is 4.28. The second kappa shape index (κ2) is 7.60. The SMILES string of the molecule is Cc1ccc(NC(=S)N[C@@H](C)CC(C)(C)c2ccccc2)cc1. The summed E-state index contributed by atoms with van der Waals surface area (Å²) in [6.07, 6.45) is 1.01. The molecule has 0 radical (unpaired) electrons. The Labute approximate surface area is 145 Å². The summed E-state index contributed by atoms with van der Waals surface area (Å²) in [6, 6.07) is 19.2. The fourth-order valence-electron chi connectivity index (χ4n) is 2.85. The van der Waals surface area contributed by atoms with Gasteiger partial charge in [-0.1, -0.05) is 61.9 Å². The fourth-order valence-corrected chi connectivity index (χ4v) is 3.17. The van der Waals surface area contributed by atoms with Crippen molar-refractivity contribution in [2.75, 3.05) is 5.32 Å². The van der Waals surface area contributed by atoms with Crippen LogP contribution in [0.15, 0.2) is 54.6 Å². The summed E-state index contributed by atoms with van der Waals surface area (Å²) in [5.74, 6) is 0. The Kier molecular flexibility index (Phi) is 5.78. The normalized spacial score (nSPS) is 12.5. The lowest BCUT2D eigenvalue weighted by Crippen LogP contribution is -2.39. The molecule has 0 aliphatic carbocycles. The third kappa shape index (κ3) is 5.36. The van der Waals surface area contributed by atoms with E-state index in [-0.39, 0.29) is 11.5 Å². The lowest BCUT2D eigenvalue weighted by atomic mass is 9.79. The number of benzene rings is 2. The Morgan fingerprint density at radius 2 is 1.65 bits per heavy atom. The first-order valence-corrected chi connectivity index (χ1v) is 8.47. The molecule has 0 spiro atoms. The lowest BCUT2D eigenvalue weighted by Gasteiger charge is -2.29. The molecule has 2 aromatic rings. The Balaban J connectivity index is 1.89. The van der Waals surface area contributed by atoms with Gasteiger partial charge in [0.25, 0.3) is 0 Å². The van der Waals surface area contributed by atoms with E-state index in [4.69, 9.17) is 12.2 Å². The molecule has 2 rings (SSSR count). The molecule has 0 amide bonds. The average molecular weight is 327 g/mol. The molecular formula is C20H26N2S. The summed E-state index contributed by atoms with van der Waals surface area (Å²) in [4.78, 5) is 0. The zero-order chi connectivity index (χ0) is 16.9. The fraction of sp³-hybridized carbons (Fsp3) is 0.350. The van der Waals surface area contributed by atoms with Crippen LogP contribution < -0.4 is 10.6 Å². The van der Waals surface area contributed by atoms with Gasteiger partial charge in [0.2, 0.25) is 0 Å². The average Bonchev–Trinajstić information content (AvgIpc) is 2.49. The first kappa shape index (κ1) is 17.5. The van der Waals surface area contributed by atoms with Gasteiger partial charge in [0.15, 0.2) is 5.11 Å². The van der Waals surface area contributed by atoms with Gasteiger partial charge in [0.05, 0.1) is 0 Å². The van der Waals surface area contributed by atoms with E-state index in [0.717, 1.165) is 12.1 Å². The highest BCUT2D eigenvalue weighted by atomic mass is 32.1. The second-order valence-corrected chi connectivity index (χ2v) is 7.23. The van der Waals surface area contributed by atoms with Crippen molar-refractivity contribution in [2.45, 2.75) is 45.6 Å². The van der Waals surface area contributed by atoms with Crippen LogP contribution in [0.1, 0.15) is 38.3 Å². The van der Waals surface area contributed by atoms with E-state index in [1.165, 1.54) is 11.1 Å². The Hall–Kier alpha value is -1.87. The molecule has 3 heteroatoms. The molecule has 0 aliphatic rings. The van der Waals surface area contributed by atoms with Crippen molar-refractivity contribution in [3.8, 4) is 0 Å². The Morgan fingerprint density at radius 3 is 2.26 bits per heavy atom. The minimum absolute atomic E-state index is 0.104. The molecule has 2 nitrogen and oxygen atoms in total. The first-order chi connectivity index (χ1) is 10.9. The van der Waals surface area contributed by atoms with Crippen LogP contribution in [0.3, 0.4) is 0 Å². The summed E-state index contributed by atoms with van der Waals surface area (Å²) in [6.45, 7) is 8.80. The molecule has 2 N–H and O–H groups in total.